The van der Waals surface area contributed by atoms with Crippen molar-refractivity contribution in [3.63, 3.8) is 0 Å². The van der Waals surface area contributed by atoms with Gasteiger partial charge in [0.05, 0.1) is 12.2 Å². The molecule has 3 N–H and O–H groups in total. The zero-order chi connectivity index (χ0) is 15.4. The molecule has 1 aromatic carbocycles. The van der Waals surface area contributed by atoms with Gasteiger partial charge >= 0.3 is 6.03 Å². The molecule has 0 saturated heterocycles. The van der Waals surface area contributed by atoms with E-state index in [9.17, 15) is 22.8 Å². The van der Waals surface area contributed by atoms with Crippen LogP contribution < -0.4 is 16.0 Å². The van der Waals surface area contributed by atoms with Crippen LogP contribution in [0.3, 0.4) is 0 Å². The van der Waals surface area contributed by atoms with Gasteiger partial charge in [-0.1, -0.05) is 0 Å². The second kappa shape index (κ2) is 6.47. The lowest BCUT2D eigenvalue weighted by atomic mass is 10.2. The van der Waals surface area contributed by atoms with E-state index in [0.29, 0.717) is 18.5 Å². The number of urea groups is 1. The molecular formula is C13H14F3N3O2. The maximum Gasteiger partial charge on any atom is 0.315 e. The van der Waals surface area contributed by atoms with Gasteiger partial charge in [-0.3, -0.25) is 4.79 Å². The lowest BCUT2D eigenvalue weighted by Crippen LogP contribution is -2.40. The molecule has 0 aliphatic heterocycles. The van der Waals surface area contributed by atoms with Crippen LogP contribution >= 0.6 is 0 Å². The lowest BCUT2D eigenvalue weighted by molar-refractivity contribution is -0.115. The molecular weight excluding hydrogens is 287 g/mol. The monoisotopic (exact) mass is 301 g/mol. The average Bonchev–Trinajstić information content (AvgIpc) is 3.28. The Morgan fingerprint density at radius 3 is 2.48 bits per heavy atom. The summed E-state index contributed by atoms with van der Waals surface area (Å²) in [5.41, 5.74) is -0.487. The SMILES string of the molecule is O=C(CNC(=O)NCC1CC1)Nc1ccc(F)c(F)c1F. The van der Waals surface area contributed by atoms with Gasteiger partial charge < -0.3 is 16.0 Å². The Bertz CT molecular complexity index is 562. The van der Waals surface area contributed by atoms with Gasteiger partial charge in [-0.2, -0.15) is 0 Å². The Morgan fingerprint density at radius 1 is 1.10 bits per heavy atom. The summed E-state index contributed by atoms with van der Waals surface area (Å²) < 4.78 is 39.0. The summed E-state index contributed by atoms with van der Waals surface area (Å²) in [4.78, 5) is 22.8. The first kappa shape index (κ1) is 15.1. The number of carbonyl (C=O) groups excluding carboxylic acids is 2. The number of hydrogen-bond donors (Lipinski definition) is 3. The first-order chi connectivity index (χ1) is 9.97. The molecule has 1 aliphatic rings. The van der Waals surface area contributed by atoms with E-state index < -0.39 is 41.6 Å². The van der Waals surface area contributed by atoms with Crippen molar-refractivity contribution >= 4 is 17.6 Å². The van der Waals surface area contributed by atoms with Crippen molar-refractivity contribution in [3.05, 3.63) is 29.6 Å². The van der Waals surface area contributed by atoms with E-state index in [0.717, 1.165) is 18.9 Å². The molecule has 5 nitrogen and oxygen atoms in total. The average molecular weight is 301 g/mol. The Morgan fingerprint density at radius 2 is 1.81 bits per heavy atom. The molecule has 0 radical (unpaired) electrons. The molecule has 0 bridgehead atoms. The number of amides is 3. The Hall–Kier alpha value is -2.25. The molecule has 1 saturated carbocycles. The fraction of sp³-hybridized carbons (Fsp3) is 0.385. The molecule has 1 aliphatic carbocycles. The summed E-state index contributed by atoms with van der Waals surface area (Å²) in [6, 6.07) is 1.09. The van der Waals surface area contributed by atoms with E-state index in [1.165, 1.54) is 0 Å². The summed E-state index contributed by atoms with van der Waals surface area (Å²) in [7, 11) is 0. The van der Waals surface area contributed by atoms with Crippen molar-refractivity contribution in [3.8, 4) is 0 Å². The molecule has 0 unspecified atom stereocenters. The van der Waals surface area contributed by atoms with Crippen LogP contribution in [0.1, 0.15) is 12.8 Å². The smallest absolute Gasteiger partial charge is 0.315 e. The number of anilines is 1. The number of halogens is 3. The van der Waals surface area contributed by atoms with Crippen molar-refractivity contribution in [2.24, 2.45) is 5.92 Å². The zero-order valence-electron chi connectivity index (χ0n) is 11.0. The van der Waals surface area contributed by atoms with Gasteiger partial charge in [0.2, 0.25) is 5.91 Å². The van der Waals surface area contributed by atoms with Crippen LogP contribution in [0, 0.1) is 23.4 Å². The highest BCUT2D eigenvalue weighted by molar-refractivity contribution is 5.94. The maximum absolute atomic E-state index is 13.3. The minimum Gasteiger partial charge on any atom is -0.338 e. The van der Waals surface area contributed by atoms with Gasteiger partial charge in [-0.15, -0.1) is 0 Å². The van der Waals surface area contributed by atoms with Crippen LogP contribution in [-0.4, -0.2) is 25.0 Å². The van der Waals surface area contributed by atoms with Gasteiger partial charge in [0, 0.05) is 6.54 Å². The summed E-state index contributed by atoms with van der Waals surface area (Å²) in [6.07, 6.45) is 2.16. The number of rotatable bonds is 5. The second-order valence-corrected chi connectivity index (χ2v) is 4.78. The van der Waals surface area contributed by atoms with E-state index in [4.69, 9.17) is 0 Å². The standard InChI is InChI=1S/C13H14F3N3O2/c14-8-3-4-9(12(16)11(8)15)19-10(20)6-18-13(21)17-5-7-1-2-7/h3-4,7H,1-2,5-6H2,(H,19,20)(H2,17,18,21). The third kappa shape index (κ3) is 4.37. The first-order valence-electron chi connectivity index (χ1n) is 6.42. The first-order valence-corrected chi connectivity index (χ1v) is 6.42. The van der Waals surface area contributed by atoms with E-state index in [1.54, 1.807) is 0 Å². The van der Waals surface area contributed by atoms with E-state index in [-0.39, 0.29) is 0 Å². The Kier molecular flexibility index (Phi) is 4.66. The summed E-state index contributed by atoms with van der Waals surface area (Å²) >= 11 is 0. The van der Waals surface area contributed by atoms with Gasteiger partial charge in [-0.25, -0.2) is 18.0 Å². The van der Waals surface area contributed by atoms with Gasteiger partial charge in [0.25, 0.3) is 0 Å². The molecule has 0 spiro atoms. The molecule has 0 aromatic heterocycles. The van der Waals surface area contributed by atoms with Crippen molar-refractivity contribution in [1.82, 2.24) is 10.6 Å². The minimum absolute atomic E-state index is 0.408. The van der Waals surface area contributed by atoms with Crippen LogP contribution in [0.4, 0.5) is 23.7 Å². The fourth-order valence-corrected chi connectivity index (χ4v) is 1.60. The van der Waals surface area contributed by atoms with Crippen LogP contribution in [0.15, 0.2) is 12.1 Å². The molecule has 1 fully saturated rings. The largest absolute Gasteiger partial charge is 0.338 e. The predicted octanol–water partition coefficient (Wildman–Crippen LogP) is 1.75. The van der Waals surface area contributed by atoms with Crippen molar-refractivity contribution < 1.29 is 22.8 Å². The molecule has 0 heterocycles. The van der Waals surface area contributed by atoms with E-state index in [1.807, 2.05) is 5.32 Å². The normalized spacial score (nSPS) is 13.7. The third-order valence-electron chi connectivity index (χ3n) is 2.97. The molecule has 114 valence electrons. The Balaban J connectivity index is 1.78. The molecule has 1 aromatic rings. The molecule has 8 heteroatoms. The van der Waals surface area contributed by atoms with Crippen LogP contribution in [0.5, 0.6) is 0 Å². The highest BCUT2D eigenvalue weighted by atomic mass is 19.2. The molecule has 3 amide bonds. The molecule has 21 heavy (non-hydrogen) atoms. The van der Waals surface area contributed by atoms with Crippen LogP contribution in [0.25, 0.3) is 0 Å². The van der Waals surface area contributed by atoms with Gasteiger partial charge in [0.15, 0.2) is 17.5 Å². The minimum atomic E-state index is -1.66. The fourth-order valence-electron chi connectivity index (χ4n) is 1.60. The zero-order valence-corrected chi connectivity index (χ0v) is 11.0. The van der Waals surface area contributed by atoms with Crippen molar-refractivity contribution in [2.45, 2.75) is 12.8 Å². The highest BCUT2D eigenvalue weighted by Gasteiger charge is 2.21. The van der Waals surface area contributed by atoms with E-state index in [2.05, 4.69) is 10.6 Å². The quantitative estimate of drug-likeness (QED) is 0.725. The lowest BCUT2D eigenvalue weighted by Gasteiger charge is -2.09. The highest BCUT2D eigenvalue weighted by Crippen LogP contribution is 2.27. The second-order valence-electron chi connectivity index (χ2n) is 4.78. The number of benzene rings is 1. The van der Waals surface area contributed by atoms with Gasteiger partial charge in [0.1, 0.15) is 0 Å². The Labute approximate surface area is 118 Å². The summed E-state index contributed by atoms with van der Waals surface area (Å²) in [5, 5.41) is 6.90. The number of nitrogens with one attached hydrogen (secondary N) is 3. The predicted molar refractivity (Wildman–Crippen MR) is 69.1 cm³/mol. The number of carbonyl (C=O) groups is 2. The molecule has 2 rings (SSSR count). The van der Waals surface area contributed by atoms with Crippen molar-refractivity contribution in [2.75, 3.05) is 18.4 Å². The van der Waals surface area contributed by atoms with Crippen molar-refractivity contribution in [1.29, 1.82) is 0 Å². The number of hydrogen-bond acceptors (Lipinski definition) is 2. The van der Waals surface area contributed by atoms with Gasteiger partial charge in [-0.05, 0) is 30.9 Å². The summed E-state index contributed by atoms with van der Waals surface area (Å²) in [6.45, 7) is 0.139. The topological polar surface area (TPSA) is 70.2 Å². The third-order valence-corrected chi connectivity index (χ3v) is 2.97. The summed E-state index contributed by atoms with van der Waals surface area (Å²) in [5.74, 6) is -4.74. The van der Waals surface area contributed by atoms with Crippen LogP contribution in [0.2, 0.25) is 0 Å². The molecule has 0 atom stereocenters. The maximum atomic E-state index is 13.3. The van der Waals surface area contributed by atoms with E-state index >= 15 is 0 Å². The van der Waals surface area contributed by atoms with Crippen LogP contribution in [-0.2, 0) is 4.79 Å².